The smallest absolute Gasteiger partial charge is 0.137 e. The number of aromatic nitrogens is 1. The van der Waals surface area contributed by atoms with Crippen LogP contribution in [0.5, 0.6) is 0 Å². The van der Waals surface area contributed by atoms with Crippen molar-refractivity contribution in [2.24, 2.45) is 0 Å². The zero-order valence-electron chi connectivity index (χ0n) is 15.0. The molecule has 1 N–H and O–H groups in total. The van der Waals surface area contributed by atoms with Crippen molar-refractivity contribution in [3.8, 4) is 0 Å². The number of pyridine rings is 1. The molecule has 4 rings (SSSR count). The van der Waals surface area contributed by atoms with Crippen molar-refractivity contribution in [1.82, 2.24) is 9.88 Å². The standard InChI is InChI=1S/C19H27N3O3S/c23-15(14-25-16-2-10-24-11-3-16)13-21-6-8-22(9-7-21)19-17-4-12-26-18(17)1-5-20-19/h1,4-5,12,15-16,23H,2-3,6-11,13-14H2. The normalized spacial score (nSPS) is 21.3. The van der Waals surface area contributed by atoms with Crippen LogP contribution < -0.4 is 4.90 Å². The minimum Gasteiger partial charge on any atom is -0.389 e. The molecule has 2 aromatic heterocycles. The molecular formula is C19H27N3O3S. The molecule has 1 unspecified atom stereocenters. The lowest BCUT2D eigenvalue weighted by atomic mass is 10.1. The Morgan fingerprint density at radius 2 is 2.04 bits per heavy atom. The summed E-state index contributed by atoms with van der Waals surface area (Å²) >= 11 is 1.76. The van der Waals surface area contributed by atoms with E-state index in [9.17, 15) is 5.11 Å². The molecule has 142 valence electrons. The van der Waals surface area contributed by atoms with Crippen LogP contribution in [0.2, 0.25) is 0 Å². The summed E-state index contributed by atoms with van der Waals surface area (Å²) in [4.78, 5) is 9.28. The first-order valence-corrected chi connectivity index (χ1v) is 10.3. The molecule has 2 aromatic rings. The predicted octanol–water partition coefficient (Wildman–Crippen LogP) is 1.97. The second kappa shape index (κ2) is 8.63. The molecule has 2 aliphatic heterocycles. The summed E-state index contributed by atoms with van der Waals surface area (Å²) in [7, 11) is 0. The molecule has 6 nitrogen and oxygen atoms in total. The third-order valence-corrected chi connectivity index (χ3v) is 6.07. The molecule has 7 heteroatoms. The van der Waals surface area contributed by atoms with Gasteiger partial charge in [0, 0.05) is 62.2 Å². The SMILES string of the molecule is OC(COC1CCOCC1)CN1CCN(c2nccc3sccc23)CC1. The molecule has 26 heavy (non-hydrogen) atoms. The highest BCUT2D eigenvalue weighted by molar-refractivity contribution is 7.17. The second-order valence-corrected chi connectivity index (χ2v) is 8.00. The Balaban J connectivity index is 1.24. The van der Waals surface area contributed by atoms with Crippen LogP contribution in [-0.4, -0.2) is 79.7 Å². The van der Waals surface area contributed by atoms with Crippen molar-refractivity contribution >= 4 is 27.2 Å². The zero-order chi connectivity index (χ0) is 17.8. The van der Waals surface area contributed by atoms with Crippen molar-refractivity contribution in [2.75, 3.05) is 57.4 Å². The number of nitrogens with zero attached hydrogens (tertiary/aromatic N) is 3. The van der Waals surface area contributed by atoms with E-state index in [1.807, 2.05) is 6.20 Å². The Hall–Kier alpha value is -1.25. The van der Waals surface area contributed by atoms with Crippen LogP contribution in [0.1, 0.15) is 12.8 Å². The fourth-order valence-electron chi connectivity index (χ4n) is 3.71. The van der Waals surface area contributed by atoms with Crippen molar-refractivity contribution in [3.63, 3.8) is 0 Å². The number of hydrogen-bond acceptors (Lipinski definition) is 7. The number of thiophene rings is 1. The van der Waals surface area contributed by atoms with Crippen LogP contribution in [0.4, 0.5) is 5.82 Å². The number of aliphatic hydroxyl groups excluding tert-OH is 1. The van der Waals surface area contributed by atoms with Gasteiger partial charge < -0.3 is 19.5 Å². The first kappa shape index (κ1) is 18.1. The second-order valence-electron chi connectivity index (χ2n) is 7.05. The van der Waals surface area contributed by atoms with E-state index in [-0.39, 0.29) is 6.10 Å². The van der Waals surface area contributed by atoms with E-state index in [1.54, 1.807) is 11.3 Å². The van der Waals surface area contributed by atoms with Crippen LogP contribution in [-0.2, 0) is 9.47 Å². The summed E-state index contributed by atoms with van der Waals surface area (Å²) in [5, 5.41) is 13.7. The summed E-state index contributed by atoms with van der Waals surface area (Å²) in [6.07, 6.45) is 3.59. The number of aliphatic hydroxyl groups is 1. The topological polar surface area (TPSA) is 58.1 Å². The molecule has 0 saturated carbocycles. The Labute approximate surface area is 158 Å². The highest BCUT2D eigenvalue weighted by Crippen LogP contribution is 2.29. The van der Waals surface area contributed by atoms with Crippen molar-refractivity contribution in [2.45, 2.75) is 25.0 Å². The molecule has 2 fully saturated rings. The van der Waals surface area contributed by atoms with E-state index in [4.69, 9.17) is 9.47 Å². The molecule has 0 aliphatic carbocycles. The summed E-state index contributed by atoms with van der Waals surface area (Å²) in [5.41, 5.74) is 0. The van der Waals surface area contributed by atoms with Gasteiger partial charge in [0.05, 0.1) is 18.8 Å². The van der Waals surface area contributed by atoms with Gasteiger partial charge in [-0.05, 0) is 30.4 Å². The zero-order valence-corrected chi connectivity index (χ0v) is 15.9. The number of rotatable bonds is 6. The van der Waals surface area contributed by atoms with Gasteiger partial charge in [0.1, 0.15) is 5.82 Å². The predicted molar refractivity (Wildman–Crippen MR) is 104 cm³/mol. The Bertz CT molecular complexity index is 696. The number of piperazine rings is 1. The first-order valence-electron chi connectivity index (χ1n) is 9.46. The van der Waals surface area contributed by atoms with Crippen molar-refractivity contribution in [3.05, 3.63) is 23.7 Å². The lowest BCUT2D eigenvalue weighted by Crippen LogP contribution is -2.49. The molecule has 0 radical (unpaired) electrons. The van der Waals surface area contributed by atoms with Crippen LogP contribution in [0.15, 0.2) is 23.7 Å². The largest absolute Gasteiger partial charge is 0.389 e. The lowest BCUT2D eigenvalue weighted by molar-refractivity contribution is -0.0642. The minimum atomic E-state index is -0.428. The van der Waals surface area contributed by atoms with Crippen LogP contribution in [0.25, 0.3) is 10.1 Å². The fourth-order valence-corrected chi connectivity index (χ4v) is 4.49. The Morgan fingerprint density at radius 1 is 1.23 bits per heavy atom. The van der Waals surface area contributed by atoms with Crippen LogP contribution in [0, 0.1) is 0 Å². The fraction of sp³-hybridized carbons (Fsp3) is 0.632. The van der Waals surface area contributed by atoms with Gasteiger partial charge in [0.25, 0.3) is 0 Å². The van der Waals surface area contributed by atoms with E-state index >= 15 is 0 Å². The number of fused-ring (bicyclic) bond motifs is 1. The quantitative estimate of drug-likeness (QED) is 0.831. The molecule has 0 aromatic carbocycles. The molecular weight excluding hydrogens is 350 g/mol. The van der Waals surface area contributed by atoms with Gasteiger partial charge in [-0.3, -0.25) is 4.90 Å². The third kappa shape index (κ3) is 4.35. The highest BCUT2D eigenvalue weighted by Gasteiger charge is 2.22. The maximum Gasteiger partial charge on any atom is 0.137 e. The van der Waals surface area contributed by atoms with Gasteiger partial charge in [-0.15, -0.1) is 11.3 Å². The number of β-amino-alcohol motifs (C(OH)–C–C–N with tert-alkyl or cyclic N) is 1. The van der Waals surface area contributed by atoms with Gasteiger partial charge in [-0.1, -0.05) is 0 Å². The molecule has 0 bridgehead atoms. The van der Waals surface area contributed by atoms with Gasteiger partial charge in [-0.25, -0.2) is 4.98 Å². The Morgan fingerprint density at radius 3 is 2.85 bits per heavy atom. The molecule has 2 aliphatic rings. The van der Waals surface area contributed by atoms with E-state index in [0.717, 1.165) is 58.1 Å². The summed E-state index contributed by atoms with van der Waals surface area (Å²) < 4.78 is 12.5. The third-order valence-electron chi connectivity index (χ3n) is 5.19. The number of hydrogen-bond donors (Lipinski definition) is 1. The Kier molecular flexibility index (Phi) is 6.01. The summed E-state index contributed by atoms with van der Waals surface area (Å²) in [5.74, 6) is 1.09. The number of anilines is 1. The average molecular weight is 378 g/mol. The van der Waals surface area contributed by atoms with Crippen LogP contribution in [0.3, 0.4) is 0 Å². The molecule has 2 saturated heterocycles. The maximum atomic E-state index is 10.3. The van der Waals surface area contributed by atoms with Crippen molar-refractivity contribution < 1.29 is 14.6 Å². The average Bonchev–Trinajstić information content (AvgIpc) is 3.17. The lowest BCUT2D eigenvalue weighted by Gasteiger charge is -2.36. The molecule has 0 amide bonds. The monoisotopic (exact) mass is 377 g/mol. The van der Waals surface area contributed by atoms with Crippen molar-refractivity contribution in [1.29, 1.82) is 0 Å². The number of ether oxygens (including phenoxy) is 2. The minimum absolute atomic E-state index is 0.243. The maximum absolute atomic E-state index is 10.3. The van der Waals surface area contributed by atoms with E-state index in [0.29, 0.717) is 13.2 Å². The molecule has 0 spiro atoms. The van der Waals surface area contributed by atoms with E-state index < -0.39 is 6.10 Å². The van der Waals surface area contributed by atoms with Gasteiger partial charge in [0.2, 0.25) is 0 Å². The molecule has 1 atom stereocenters. The summed E-state index contributed by atoms with van der Waals surface area (Å²) in [6, 6.07) is 4.24. The van der Waals surface area contributed by atoms with Gasteiger partial charge >= 0.3 is 0 Å². The van der Waals surface area contributed by atoms with Gasteiger partial charge in [0.15, 0.2) is 0 Å². The van der Waals surface area contributed by atoms with E-state index in [2.05, 4.69) is 32.3 Å². The highest BCUT2D eigenvalue weighted by atomic mass is 32.1. The summed E-state index contributed by atoms with van der Waals surface area (Å²) in [6.45, 7) is 6.40. The molecule has 4 heterocycles. The first-order chi connectivity index (χ1) is 12.8. The van der Waals surface area contributed by atoms with E-state index in [1.165, 1.54) is 10.1 Å². The van der Waals surface area contributed by atoms with Crippen LogP contribution >= 0.6 is 11.3 Å². The van der Waals surface area contributed by atoms with Gasteiger partial charge in [-0.2, -0.15) is 0 Å².